The lowest BCUT2D eigenvalue weighted by Crippen LogP contribution is -2.34. The van der Waals surface area contributed by atoms with Crippen molar-refractivity contribution < 1.29 is 14.2 Å². The summed E-state index contributed by atoms with van der Waals surface area (Å²) in [5.74, 6) is 2.17. The van der Waals surface area contributed by atoms with Crippen LogP contribution >= 0.6 is 31.9 Å². The number of halogens is 2. The van der Waals surface area contributed by atoms with Crippen molar-refractivity contribution in [2.45, 2.75) is 18.7 Å². The SMILES string of the molecule is COc1ccc([C@H]2Oc3c(Br)cc(Br)cc3[C@H]3CC(c4ccc5ccccc5c4)=NN32)cc1OC. The zero-order chi connectivity index (χ0) is 24.1. The van der Waals surface area contributed by atoms with Crippen LogP contribution in [0.25, 0.3) is 10.8 Å². The van der Waals surface area contributed by atoms with Gasteiger partial charge in [0.2, 0.25) is 6.23 Å². The van der Waals surface area contributed by atoms with Crippen LogP contribution in [0.15, 0.2) is 86.8 Å². The maximum absolute atomic E-state index is 6.60. The summed E-state index contributed by atoms with van der Waals surface area (Å²) in [4.78, 5) is 0. The van der Waals surface area contributed by atoms with Gasteiger partial charge in [0.1, 0.15) is 5.75 Å². The zero-order valence-corrected chi connectivity index (χ0v) is 22.3. The van der Waals surface area contributed by atoms with E-state index < -0.39 is 6.23 Å². The highest BCUT2D eigenvalue weighted by molar-refractivity contribution is 9.11. The monoisotopic (exact) mass is 592 g/mol. The van der Waals surface area contributed by atoms with E-state index in [1.54, 1.807) is 14.2 Å². The molecule has 0 saturated heterocycles. The average molecular weight is 594 g/mol. The van der Waals surface area contributed by atoms with Crippen LogP contribution in [0.1, 0.15) is 35.4 Å². The number of nitrogens with zero attached hydrogens (tertiary/aromatic N) is 2. The first-order valence-corrected chi connectivity index (χ1v) is 12.9. The minimum absolute atomic E-state index is 0.0344. The highest BCUT2D eigenvalue weighted by Gasteiger charge is 2.42. The van der Waals surface area contributed by atoms with E-state index in [1.807, 2.05) is 24.3 Å². The van der Waals surface area contributed by atoms with Gasteiger partial charge in [0.05, 0.1) is 30.4 Å². The largest absolute Gasteiger partial charge is 0.493 e. The number of methoxy groups -OCH3 is 2. The molecule has 2 aliphatic rings. The normalized spacial score (nSPS) is 18.5. The Kier molecular flexibility index (Phi) is 5.69. The molecule has 4 aromatic carbocycles. The Morgan fingerprint density at radius 3 is 2.49 bits per heavy atom. The molecule has 0 amide bonds. The number of benzene rings is 4. The molecular formula is C28H22Br2N2O3. The number of ether oxygens (including phenoxy) is 3. The average Bonchev–Trinajstić information content (AvgIpc) is 3.33. The van der Waals surface area contributed by atoms with Gasteiger partial charge >= 0.3 is 0 Å². The standard InChI is InChI=1S/C28H22Br2N2O3/c1-33-25-10-9-19(12-26(25)34-2)28-32-24(21-13-20(29)14-22(30)27(21)35-28)15-23(31-32)18-8-7-16-5-3-4-6-17(16)11-18/h3-14,24,28H,15H2,1-2H3/t24-,28-/m1/s1. The first-order chi connectivity index (χ1) is 17.1. The second-order valence-corrected chi connectivity index (χ2v) is 10.4. The van der Waals surface area contributed by atoms with Gasteiger partial charge in [-0.15, -0.1) is 0 Å². The van der Waals surface area contributed by atoms with Crippen molar-refractivity contribution in [3.8, 4) is 17.2 Å². The summed E-state index contributed by atoms with van der Waals surface area (Å²) in [6, 6.07) is 25.0. The summed E-state index contributed by atoms with van der Waals surface area (Å²) in [5.41, 5.74) is 4.21. The molecule has 0 unspecified atom stereocenters. The third kappa shape index (κ3) is 3.87. The molecule has 5 nitrogen and oxygen atoms in total. The van der Waals surface area contributed by atoms with Gasteiger partial charge in [-0.1, -0.05) is 52.3 Å². The van der Waals surface area contributed by atoms with Gasteiger partial charge in [0.25, 0.3) is 0 Å². The Morgan fingerprint density at radius 1 is 0.886 bits per heavy atom. The Balaban J connectivity index is 1.47. The highest BCUT2D eigenvalue weighted by atomic mass is 79.9. The summed E-state index contributed by atoms with van der Waals surface area (Å²) >= 11 is 7.36. The molecule has 4 aromatic rings. The molecule has 0 saturated carbocycles. The lowest BCUT2D eigenvalue weighted by Gasteiger charge is -2.38. The molecule has 0 fully saturated rings. The maximum atomic E-state index is 6.60. The van der Waals surface area contributed by atoms with Gasteiger partial charge < -0.3 is 14.2 Å². The number of rotatable bonds is 4. The van der Waals surface area contributed by atoms with E-state index in [9.17, 15) is 0 Å². The first kappa shape index (κ1) is 22.4. The lowest BCUT2D eigenvalue weighted by molar-refractivity contribution is -0.0198. The van der Waals surface area contributed by atoms with E-state index in [0.29, 0.717) is 11.5 Å². The zero-order valence-electron chi connectivity index (χ0n) is 19.2. The van der Waals surface area contributed by atoms with Crippen molar-refractivity contribution in [1.29, 1.82) is 0 Å². The van der Waals surface area contributed by atoms with E-state index >= 15 is 0 Å². The fourth-order valence-electron chi connectivity index (χ4n) is 4.88. The topological polar surface area (TPSA) is 43.3 Å². The molecule has 2 atom stereocenters. The first-order valence-electron chi connectivity index (χ1n) is 11.3. The van der Waals surface area contributed by atoms with Crippen LogP contribution in [-0.4, -0.2) is 24.9 Å². The molecular weight excluding hydrogens is 572 g/mol. The third-order valence-corrected chi connectivity index (χ3v) is 7.63. The molecule has 35 heavy (non-hydrogen) atoms. The minimum Gasteiger partial charge on any atom is -0.493 e. The Hall–Kier alpha value is -3.03. The van der Waals surface area contributed by atoms with E-state index in [-0.39, 0.29) is 6.04 Å². The molecule has 2 aliphatic heterocycles. The quantitative estimate of drug-likeness (QED) is 0.244. The van der Waals surface area contributed by atoms with Gasteiger partial charge in [-0.2, -0.15) is 5.10 Å². The highest BCUT2D eigenvalue weighted by Crippen LogP contribution is 2.51. The van der Waals surface area contributed by atoms with E-state index in [2.05, 4.69) is 85.4 Å². The summed E-state index contributed by atoms with van der Waals surface area (Å²) in [5, 5.41) is 9.62. The van der Waals surface area contributed by atoms with Crippen LogP contribution in [0.2, 0.25) is 0 Å². The summed E-state index contributed by atoms with van der Waals surface area (Å²) in [6.45, 7) is 0. The Bertz CT molecular complexity index is 1490. The third-order valence-electron chi connectivity index (χ3n) is 6.58. The molecule has 6 rings (SSSR count). The van der Waals surface area contributed by atoms with Crippen molar-refractivity contribution in [2.24, 2.45) is 5.10 Å². The number of fused-ring (bicyclic) bond motifs is 4. The van der Waals surface area contributed by atoms with Crippen molar-refractivity contribution in [3.05, 3.63) is 98.4 Å². The Labute approximate surface area is 220 Å². The van der Waals surface area contributed by atoms with Gasteiger partial charge in [-0.25, -0.2) is 5.01 Å². The number of hydrogen-bond donors (Lipinski definition) is 0. The van der Waals surface area contributed by atoms with Crippen molar-refractivity contribution in [1.82, 2.24) is 5.01 Å². The molecule has 2 heterocycles. The van der Waals surface area contributed by atoms with E-state index in [0.717, 1.165) is 43.5 Å². The molecule has 0 radical (unpaired) electrons. The van der Waals surface area contributed by atoms with Crippen LogP contribution in [0.5, 0.6) is 17.2 Å². The fourth-order valence-corrected chi connectivity index (χ4v) is 6.24. The van der Waals surface area contributed by atoms with Gasteiger partial charge in [0.15, 0.2) is 11.5 Å². The maximum Gasteiger partial charge on any atom is 0.214 e. The van der Waals surface area contributed by atoms with Crippen LogP contribution in [0, 0.1) is 0 Å². The minimum atomic E-state index is -0.414. The second kappa shape index (κ2) is 8.88. The summed E-state index contributed by atoms with van der Waals surface area (Å²) in [6.07, 6.45) is 0.365. The molecule has 0 bridgehead atoms. The lowest BCUT2D eigenvalue weighted by atomic mass is 9.95. The number of hydrazone groups is 1. The predicted octanol–water partition coefficient (Wildman–Crippen LogP) is 7.62. The van der Waals surface area contributed by atoms with Crippen LogP contribution in [0.4, 0.5) is 0 Å². The van der Waals surface area contributed by atoms with Crippen molar-refractivity contribution >= 4 is 48.3 Å². The van der Waals surface area contributed by atoms with Gasteiger partial charge in [0, 0.05) is 22.0 Å². The Morgan fingerprint density at radius 2 is 1.69 bits per heavy atom. The van der Waals surface area contributed by atoms with Crippen molar-refractivity contribution in [3.63, 3.8) is 0 Å². The van der Waals surface area contributed by atoms with Crippen molar-refractivity contribution in [2.75, 3.05) is 14.2 Å². The van der Waals surface area contributed by atoms with E-state index in [1.165, 1.54) is 10.8 Å². The fraction of sp³-hybridized carbons (Fsp3) is 0.179. The molecule has 0 N–H and O–H groups in total. The van der Waals surface area contributed by atoms with Crippen LogP contribution < -0.4 is 14.2 Å². The predicted molar refractivity (Wildman–Crippen MR) is 144 cm³/mol. The van der Waals surface area contributed by atoms with Crippen LogP contribution in [-0.2, 0) is 0 Å². The van der Waals surface area contributed by atoms with Gasteiger partial charge in [-0.3, -0.25) is 0 Å². The molecule has 0 aromatic heterocycles. The van der Waals surface area contributed by atoms with E-state index in [4.69, 9.17) is 19.3 Å². The number of hydrogen-bond acceptors (Lipinski definition) is 5. The molecule has 0 spiro atoms. The molecule has 176 valence electrons. The summed E-state index contributed by atoms with van der Waals surface area (Å²) in [7, 11) is 3.28. The molecule has 0 aliphatic carbocycles. The van der Waals surface area contributed by atoms with Gasteiger partial charge in [-0.05, 0) is 68.7 Å². The second-order valence-electron chi connectivity index (χ2n) is 8.60. The smallest absolute Gasteiger partial charge is 0.214 e. The summed E-state index contributed by atoms with van der Waals surface area (Å²) < 4.78 is 19.5. The van der Waals surface area contributed by atoms with Crippen LogP contribution in [0.3, 0.4) is 0 Å². The molecule has 7 heteroatoms.